The summed E-state index contributed by atoms with van der Waals surface area (Å²) in [5.74, 6) is 1.10. The van der Waals surface area contributed by atoms with Crippen LogP contribution in [0.2, 0.25) is 0 Å². The molecule has 1 aromatic heterocycles. The number of phenolic OH excluding ortho intramolecular Hbond substituents is 1. The third kappa shape index (κ3) is 1.76. The number of nitrogens with one attached hydrogen (secondary N) is 1. The normalized spacial score (nSPS) is 15.1. The van der Waals surface area contributed by atoms with Crippen LogP contribution in [0.25, 0.3) is 11.4 Å². The zero-order valence-electron chi connectivity index (χ0n) is 9.47. The molecule has 1 heterocycles. The van der Waals surface area contributed by atoms with Gasteiger partial charge in [-0.05, 0) is 43.6 Å². The summed E-state index contributed by atoms with van der Waals surface area (Å²) in [5.41, 5.74) is 1.76. The van der Waals surface area contributed by atoms with Crippen molar-refractivity contribution in [2.45, 2.75) is 25.8 Å². The molecule has 0 unspecified atom stereocenters. The van der Waals surface area contributed by atoms with Crippen LogP contribution in [0, 0.1) is 11.7 Å². The van der Waals surface area contributed by atoms with Crippen LogP contribution < -0.4 is 0 Å². The summed E-state index contributed by atoms with van der Waals surface area (Å²) >= 11 is 5.23. The van der Waals surface area contributed by atoms with Crippen molar-refractivity contribution < 1.29 is 5.11 Å². The number of aromatic nitrogens is 3. The maximum absolute atomic E-state index is 9.74. The number of hydrogen-bond donors (Lipinski definition) is 2. The summed E-state index contributed by atoms with van der Waals surface area (Å²) < 4.78 is 2.70. The van der Waals surface area contributed by atoms with Gasteiger partial charge in [0.15, 0.2) is 10.6 Å². The Morgan fingerprint density at radius 2 is 2.24 bits per heavy atom. The first-order chi connectivity index (χ1) is 8.16. The lowest BCUT2D eigenvalue weighted by atomic mass is 10.1. The number of benzene rings is 1. The Morgan fingerprint density at radius 1 is 1.47 bits per heavy atom. The molecule has 1 aromatic carbocycles. The molecule has 3 rings (SSSR count). The van der Waals surface area contributed by atoms with E-state index in [9.17, 15) is 5.11 Å². The molecule has 1 fully saturated rings. The molecular formula is C12H13N3OS. The molecule has 0 radical (unpaired) electrons. The van der Waals surface area contributed by atoms with Gasteiger partial charge in [0, 0.05) is 11.6 Å². The second kappa shape index (κ2) is 3.70. The van der Waals surface area contributed by atoms with Gasteiger partial charge in [0.25, 0.3) is 0 Å². The molecule has 2 N–H and O–H groups in total. The van der Waals surface area contributed by atoms with E-state index in [-0.39, 0.29) is 0 Å². The van der Waals surface area contributed by atoms with Gasteiger partial charge >= 0.3 is 0 Å². The zero-order valence-corrected chi connectivity index (χ0v) is 10.3. The van der Waals surface area contributed by atoms with Gasteiger partial charge < -0.3 is 5.11 Å². The molecule has 0 amide bonds. The van der Waals surface area contributed by atoms with Crippen LogP contribution in [0.3, 0.4) is 0 Å². The van der Waals surface area contributed by atoms with Gasteiger partial charge in [0.1, 0.15) is 5.75 Å². The highest BCUT2D eigenvalue weighted by atomic mass is 32.1. The fourth-order valence-electron chi connectivity index (χ4n) is 1.93. The molecule has 17 heavy (non-hydrogen) atoms. The predicted molar refractivity (Wildman–Crippen MR) is 67.5 cm³/mol. The zero-order chi connectivity index (χ0) is 12.0. The minimum absolute atomic E-state index is 0.291. The van der Waals surface area contributed by atoms with Crippen LogP contribution >= 0.6 is 12.2 Å². The summed E-state index contributed by atoms with van der Waals surface area (Å²) in [6.45, 7) is 1.87. The summed E-state index contributed by atoms with van der Waals surface area (Å²) in [7, 11) is 0. The average Bonchev–Trinajstić information content (AvgIpc) is 3.06. The first kappa shape index (κ1) is 10.5. The summed E-state index contributed by atoms with van der Waals surface area (Å²) in [4.78, 5) is 0. The SMILES string of the molecule is Cc1ccc(-c2n[nH]c(=S)n2C2CC2)cc1O. The minimum Gasteiger partial charge on any atom is -0.508 e. The number of aromatic amines is 1. The Kier molecular flexibility index (Phi) is 2.29. The second-order valence-corrected chi connectivity index (χ2v) is 4.84. The van der Waals surface area contributed by atoms with Crippen molar-refractivity contribution in [3.8, 4) is 17.1 Å². The van der Waals surface area contributed by atoms with E-state index in [4.69, 9.17) is 12.2 Å². The quantitative estimate of drug-likeness (QED) is 0.802. The van der Waals surface area contributed by atoms with E-state index in [1.54, 1.807) is 6.07 Å². The lowest BCUT2D eigenvalue weighted by Crippen LogP contribution is -1.97. The molecule has 0 aliphatic heterocycles. The molecule has 0 bridgehead atoms. The van der Waals surface area contributed by atoms with Gasteiger partial charge in [-0.25, -0.2) is 0 Å². The molecule has 88 valence electrons. The van der Waals surface area contributed by atoms with Gasteiger partial charge in [-0.2, -0.15) is 5.10 Å². The molecule has 0 spiro atoms. The fourth-order valence-corrected chi connectivity index (χ4v) is 2.21. The molecule has 1 aliphatic rings. The van der Waals surface area contributed by atoms with E-state index in [1.807, 2.05) is 23.6 Å². The number of aryl methyl sites for hydroxylation is 1. The molecule has 2 aromatic rings. The molecule has 4 nitrogen and oxygen atoms in total. The molecule has 0 saturated heterocycles. The third-order valence-electron chi connectivity index (χ3n) is 3.08. The lowest BCUT2D eigenvalue weighted by Gasteiger charge is -2.06. The van der Waals surface area contributed by atoms with Gasteiger partial charge in [-0.1, -0.05) is 12.1 Å². The van der Waals surface area contributed by atoms with Crippen LogP contribution in [0.5, 0.6) is 5.75 Å². The highest BCUT2D eigenvalue weighted by Crippen LogP contribution is 2.38. The smallest absolute Gasteiger partial charge is 0.195 e. The van der Waals surface area contributed by atoms with E-state index in [2.05, 4.69) is 10.2 Å². The third-order valence-corrected chi connectivity index (χ3v) is 3.37. The maximum Gasteiger partial charge on any atom is 0.195 e. The van der Waals surface area contributed by atoms with E-state index >= 15 is 0 Å². The molecule has 1 saturated carbocycles. The second-order valence-electron chi connectivity index (χ2n) is 4.45. The average molecular weight is 247 g/mol. The van der Waals surface area contributed by atoms with Gasteiger partial charge in [0.05, 0.1) is 0 Å². The van der Waals surface area contributed by atoms with Gasteiger partial charge in [-0.15, -0.1) is 0 Å². The monoisotopic (exact) mass is 247 g/mol. The first-order valence-corrected chi connectivity index (χ1v) is 6.04. The summed E-state index contributed by atoms with van der Waals surface area (Å²) in [5, 5.41) is 16.8. The van der Waals surface area contributed by atoms with E-state index in [1.165, 1.54) is 0 Å². The largest absolute Gasteiger partial charge is 0.508 e. The summed E-state index contributed by atoms with van der Waals surface area (Å²) in [6, 6.07) is 6.05. The first-order valence-electron chi connectivity index (χ1n) is 5.63. The number of nitrogens with zero attached hydrogens (tertiary/aromatic N) is 2. The van der Waals surface area contributed by atoms with Crippen molar-refractivity contribution in [3.63, 3.8) is 0 Å². The van der Waals surface area contributed by atoms with Crippen LogP contribution in [-0.4, -0.2) is 19.9 Å². The predicted octanol–water partition coefficient (Wildman–Crippen LogP) is 2.96. The van der Waals surface area contributed by atoms with Crippen molar-refractivity contribution >= 4 is 12.2 Å². The van der Waals surface area contributed by atoms with Crippen molar-refractivity contribution in [1.82, 2.24) is 14.8 Å². The standard InChI is InChI=1S/C12H13N3OS/c1-7-2-3-8(6-10(7)16)11-13-14-12(17)15(11)9-4-5-9/h2-3,6,9,16H,4-5H2,1H3,(H,14,17). The summed E-state index contributed by atoms with van der Waals surface area (Å²) in [6.07, 6.45) is 2.30. The Morgan fingerprint density at radius 3 is 2.88 bits per heavy atom. The van der Waals surface area contributed by atoms with Crippen molar-refractivity contribution in [1.29, 1.82) is 0 Å². The van der Waals surface area contributed by atoms with Crippen LogP contribution in [0.15, 0.2) is 18.2 Å². The maximum atomic E-state index is 9.74. The van der Waals surface area contributed by atoms with Crippen molar-refractivity contribution in [2.75, 3.05) is 0 Å². The number of H-pyrrole nitrogens is 1. The Bertz CT molecular complexity index is 625. The number of phenols is 1. The topological polar surface area (TPSA) is 53.8 Å². The van der Waals surface area contributed by atoms with E-state index < -0.39 is 0 Å². The van der Waals surface area contributed by atoms with Crippen molar-refractivity contribution in [3.05, 3.63) is 28.5 Å². The van der Waals surface area contributed by atoms with Gasteiger partial charge in [0.2, 0.25) is 0 Å². The van der Waals surface area contributed by atoms with Gasteiger partial charge in [-0.3, -0.25) is 9.67 Å². The van der Waals surface area contributed by atoms with Crippen LogP contribution in [-0.2, 0) is 0 Å². The fraction of sp³-hybridized carbons (Fsp3) is 0.333. The highest BCUT2D eigenvalue weighted by Gasteiger charge is 2.27. The Balaban J connectivity index is 2.14. The van der Waals surface area contributed by atoms with Crippen LogP contribution in [0.4, 0.5) is 0 Å². The minimum atomic E-state index is 0.291. The van der Waals surface area contributed by atoms with E-state index in [0.717, 1.165) is 29.8 Å². The van der Waals surface area contributed by atoms with E-state index in [0.29, 0.717) is 16.6 Å². The number of aromatic hydroxyl groups is 1. The molecular weight excluding hydrogens is 234 g/mol. The number of hydrogen-bond acceptors (Lipinski definition) is 3. The highest BCUT2D eigenvalue weighted by molar-refractivity contribution is 7.71. The molecule has 1 aliphatic carbocycles. The van der Waals surface area contributed by atoms with Crippen LogP contribution in [0.1, 0.15) is 24.4 Å². The Hall–Kier alpha value is -1.62. The Labute approximate surface area is 104 Å². The molecule has 5 heteroatoms. The molecule has 0 atom stereocenters. The lowest BCUT2D eigenvalue weighted by molar-refractivity contribution is 0.471. The van der Waals surface area contributed by atoms with Crippen molar-refractivity contribution in [2.24, 2.45) is 0 Å². The number of rotatable bonds is 2.